The van der Waals surface area contributed by atoms with Crippen LogP contribution in [-0.4, -0.2) is 56.0 Å². The van der Waals surface area contributed by atoms with E-state index in [1.165, 1.54) is 6.92 Å². The summed E-state index contributed by atoms with van der Waals surface area (Å²) in [5.74, 6) is -0.453. The van der Waals surface area contributed by atoms with Crippen LogP contribution < -0.4 is 0 Å². The molecule has 1 heterocycles. The molecule has 7 heteroatoms. The lowest BCUT2D eigenvalue weighted by Crippen LogP contribution is -2.60. The Labute approximate surface area is 88.9 Å². The number of Topliss-reactive ketones (excluding diaryl/α,β-unsaturated/α-hetero) is 1. The summed E-state index contributed by atoms with van der Waals surface area (Å²) >= 11 is 2.90. The molecule has 1 rings (SSSR count). The van der Waals surface area contributed by atoms with Crippen molar-refractivity contribution in [2.45, 2.75) is 29.7 Å². The number of carbonyl (C=O) groups is 1. The maximum atomic E-state index is 11.1. The van der Waals surface area contributed by atoms with E-state index in [-0.39, 0.29) is 12.1 Å². The van der Waals surface area contributed by atoms with Crippen molar-refractivity contribution in [2.24, 2.45) is 0 Å². The van der Waals surface area contributed by atoms with Crippen molar-refractivity contribution in [1.82, 2.24) is 0 Å². The summed E-state index contributed by atoms with van der Waals surface area (Å²) in [7, 11) is 0. The van der Waals surface area contributed by atoms with Gasteiger partial charge in [-0.2, -0.15) is 0 Å². The van der Waals surface area contributed by atoms with Crippen molar-refractivity contribution in [3.05, 3.63) is 0 Å². The highest BCUT2D eigenvalue weighted by molar-refractivity contribution is 9.10. The highest BCUT2D eigenvalue weighted by Gasteiger charge is 2.51. The first kappa shape index (κ1) is 13.9. The van der Waals surface area contributed by atoms with Crippen molar-refractivity contribution < 1.29 is 30.3 Å². The molecule has 14 heavy (non-hydrogen) atoms. The minimum absolute atomic E-state index is 0. The normalized spacial score (nSPS) is 42.8. The molecule has 1 aliphatic rings. The molecule has 0 saturated carbocycles. The van der Waals surface area contributed by atoms with E-state index in [9.17, 15) is 15.0 Å². The Hall–Kier alpha value is -0.0500. The maximum absolute atomic E-state index is 11.1. The van der Waals surface area contributed by atoms with Crippen LogP contribution in [-0.2, 0) is 9.53 Å². The van der Waals surface area contributed by atoms with Crippen LogP contribution in [0.1, 0.15) is 6.92 Å². The number of ketones is 1. The van der Waals surface area contributed by atoms with Gasteiger partial charge in [0.2, 0.25) is 4.51 Å². The topological polar surface area (TPSA) is 118 Å². The van der Waals surface area contributed by atoms with Gasteiger partial charge in [-0.3, -0.25) is 4.79 Å². The fraction of sp³-hybridized carbons (Fsp3) is 0.857. The predicted octanol–water partition coefficient (Wildman–Crippen LogP) is -2.05. The van der Waals surface area contributed by atoms with Gasteiger partial charge in [0.15, 0.2) is 5.78 Å². The van der Waals surface area contributed by atoms with Crippen LogP contribution in [0.2, 0.25) is 0 Å². The van der Waals surface area contributed by atoms with E-state index in [1.54, 1.807) is 0 Å². The second kappa shape index (κ2) is 4.65. The molecule has 1 saturated heterocycles. The molecule has 84 valence electrons. The lowest BCUT2D eigenvalue weighted by atomic mass is 9.98. The maximum Gasteiger partial charge on any atom is 0.209 e. The summed E-state index contributed by atoms with van der Waals surface area (Å²) in [5, 5.41) is 27.8. The van der Waals surface area contributed by atoms with E-state index >= 15 is 0 Å². The summed E-state index contributed by atoms with van der Waals surface area (Å²) < 4.78 is 3.34. The highest BCUT2D eigenvalue weighted by atomic mass is 79.9. The Balaban J connectivity index is 0.00000169. The fourth-order valence-electron chi connectivity index (χ4n) is 1.13. The Kier molecular flexibility index (Phi) is 4.63. The molecule has 0 radical (unpaired) electrons. The number of carbonyl (C=O) groups excluding carboxylic acids is 1. The van der Waals surface area contributed by atoms with Crippen LogP contribution in [0.15, 0.2) is 0 Å². The second-order valence-corrected chi connectivity index (χ2v) is 4.19. The van der Waals surface area contributed by atoms with Gasteiger partial charge in [0.1, 0.15) is 18.3 Å². The number of aliphatic hydroxyl groups excluding tert-OH is 3. The Morgan fingerprint density at radius 3 is 2.43 bits per heavy atom. The number of aliphatic hydroxyl groups is 3. The molecule has 1 fully saturated rings. The molecule has 0 aliphatic carbocycles. The lowest BCUT2D eigenvalue weighted by molar-refractivity contribution is -0.198. The van der Waals surface area contributed by atoms with E-state index in [1.807, 2.05) is 0 Å². The third-order valence-electron chi connectivity index (χ3n) is 2.04. The molecular weight excluding hydrogens is 260 g/mol. The summed E-state index contributed by atoms with van der Waals surface area (Å²) in [6.07, 6.45) is -4.01. The van der Waals surface area contributed by atoms with Crippen LogP contribution in [0.5, 0.6) is 0 Å². The quantitative estimate of drug-likeness (QED) is 0.475. The average Bonchev–Trinajstić information content (AvgIpc) is 2.08. The molecule has 1 aliphatic heterocycles. The average molecular weight is 273 g/mol. The van der Waals surface area contributed by atoms with Crippen molar-refractivity contribution in [1.29, 1.82) is 0 Å². The highest BCUT2D eigenvalue weighted by Crippen LogP contribution is 2.32. The Morgan fingerprint density at radius 1 is 1.50 bits per heavy atom. The van der Waals surface area contributed by atoms with Crippen LogP contribution in [0, 0.1) is 0 Å². The molecule has 0 amide bonds. The monoisotopic (exact) mass is 272 g/mol. The van der Waals surface area contributed by atoms with Crippen LogP contribution in [0.4, 0.5) is 0 Å². The molecule has 0 spiro atoms. The first-order valence-corrected chi connectivity index (χ1v) is 4.57. The summed E-state index contributed by atoms with van der Waals surface area (Å²) in [6, 6.07) is 0. The van der Waals surface area contributed by atoms with Gasteiger partial charge in [-0.05, 0) is 22.9 Å². The summed E-state index contributed by atoms with van der Waals surface area (Å²) in [4.78, 5) is 11.1. The minimum Gasteiger partial charge on any atom is -0.412 e. The van der Waals surface area contributed by atoms with Crippen LogP contribution in [0.3, 0.4) is 0 Å². The van der Waals surface area contributed by atoms with Gasteiger partial charge in [0.05, 0.1) is 6.61 Å². The standard InChI is InChI=1S/C7H11BrO5.H2O/c1-3(9)7(8)6(12)5(11)4(10)2-13-7;/h4-6,10-12H,2H2,1H3;1H2/t4-,5+,6-,7+;/m1./s1. The zero-order valence-electron chi connectivity index (χ0n) is 7.48. The van der Waals surface area contributed by atoms with Gasteiger partial charge in [-0.15, -0.1) is 0 Å². The number of hydrogen-bond donors (Lipinski definition) is 3. The van der Waals surface area contributed by atoms with Crippen molar-refractivity contribution in [3.63, 3.8) is 0 Å². The Bertz CT molecular complexity index is 222. The lowest BCUT2D eigenvalue weighted by Gasteiger charge is -2.39. The number of ether oxygens (including phenoxy) is 1. The second-order valence-electron chi connectivity index (χ2n) is 3.01. The SMILES string of the molecule is CC(=O)[C@]1(Br)OC[C@@H](O)[C@H](O)[C@H]1O.O. The predicted molar refractivity (Wildman–Crippen MR) is 49.9 cm³/mol. The smallest absolute Gasteiger partial charge is 0.209 e. The van der Waals surface area contributed by atoms with E-state index < -0.39 is 28.6 Å². The van der Waals surface area contributed by atoms with E-state index in [2.05, 4.69) is 15.9 Å². The zero-order chi connectivity index (χ0) is 10.2. The van der Waals surface area contributed by atoms with Crippen molar-refractivity contribution >= 4 is 21.7 Å². The Morgan fingerprint density at radius 2 is 2.00 bits per heavy atom. The van der Waals surface area contributed by atoms with Crippen LogP contribution >= 0.6 is 15.9 Å². The minimum atomic E-state index is -1.59. The first-order valence-electron chi connectivity index (χ1n) is 3.77. The molecule has 0 aromatic carbocycles. The fourth-order valence-corrected chi connectivity index (χ4v) is 1.53. The number of hydrogen-bond acceptors (Lipinski definition) is 5. The molecule has 6 nitrogen and oxygen atoms in total. The molecule has 0 unspecified atom stereocenters. The van der Waals surface area contributed by atoms with Crippen molar-refractivity contribution in [2.75, 3.05) is 6.61 Å². The molecular formula is C7H13BrO6. The largest absolute Gasteiger partial charge is 0.412 e. The van der Waals surface area contributed by atoms with E-state index in [4.69, 9.17) is 9.84 Å². The zero-order valence-corrected chi connectivity index (χ0v) is 9.06. The number of halogens is 1. The van der Waals surface area contributed by atoms with Gasteiger partial charge in [-0.1, -0.05) is 0 Å². The third-order valence-corrected chi connectivity index (χ3v) is 3.30. The molecule has 5 N–H and O–H groups in total. The molecule has 0 aromatic rings. The summed E-state index contributed by atoms with van der Waals surface area (Å²) in [5.41, 5.74) is 0. The third kappa shape index (κ3) is 2.13. The van der Waals surface area contributed by atoms with Gasteiger partial charge < -0.3 is 25.5 Å². The molecule has 0 bridgehead atoms. The van der Waals surface area contributed by atoms with Gasteiger partial charge in [0, 0.05) is 0 Å². The van der Waals surface area contributed by atoms with Gasteiger partial charge >= 0.3 is 0 Å². The van der Waals surface area contributed by atoms with Gasteiger partial charge in [-0.25, -0.2) is 0 Å². The molecule has 0 aromatic heterocycles. The van der Waals surface area contributed by atoms with Crippen molar-refractivity contribution in [3.8, 4) is 0 Å². The first-order chi connectivity index (χ1) is 5.89. The van der Waals surface area contributed by atoms with E-state index in [0.29, 0.717) is 0 Å². The van der Waals surface area contributed by atoms with Crippen LogP contribution in [0.25, 0.3) is 0 Å². The number of rotatable bonds is 1. The molecule has 4 atom stereocenters. The van der Waals surface area contributed by atoms with Gasteiger partial charge in [0.25, 0.3) is 0 Å². The number of alkyl halides is 1. The van der Waals surface area contributed by atoms with E-state index in [0.717, 1.165) is 0 Å². The summed E-state index contributed by atoms with van der Waals surface area (Å²) in [6.45, 7) is 1.03.